The van der Waals surface area contributed by atoms with Gasteiger partial charge in [-0.3, -0.25) is 4.79 Å². The molecule has 0 N–H and O–H groups in total. The molecule has 132 valence electrons. The lowest BCUT2D eigenvalue weighted by atomic mass is 10.2. The van der Waals surface area contributed by atoms with Gasteiger partial charge in [-0.05, 0) is 21.8 Å². The van der Waals surface area contributed by atoms with Crippen molar-refractivity contribution in [2.75, 3.05) is 6.61 Å². The summed E-state index contributed by atoms with van der Waals surface area (Å²) < 4.78 is 6.86. The van der Waals surface area contributed by atoms with E-state index in [1.807, 2.05) is 0 Å². The maximum Gasteiger partial charge on any atom is 0.261 e. The smallest absolute Gasteiger partial charge is 0.261 e. The average molecular weight is 371 g/mol. The predicted octanol–water partition coefficient (Wildman–Crippen LogP) is 3.99. The van der Waals surface area contributed by atoms with E-state index in [9.17, 15) is 4.79 Å². The SMILES string of the molecule is CC(C)(C)[Si](OC[C@H]1CCC(=O)S1)(c1ccccc1)c1ccccc1. The van der Waals surface area contributed by atoms with Crippen LogP contribution in [0.5, 0.6) is 0 Å². The summed E-state index contributed by atoms with van der Waals surface area (Å²) in [4.78, 5) is 11.6. The van der Waals surface area contributed by atoms with Crippen LogP contribution in [-0.2, 0) is 9.22 Å². The fourth-order valence-corrected chi connectivity index (χ4v) is 9.39. The standard InChI is InChI=1S/C21H26O2SSi/c1-21(2,3)25(18-10-6-4-7-11-18,19-12-8-5-9-13-19)23-16-17-14-15-20(22)24-17/h4-13,17H,14-16H2,1-3H3/t17-/m1/s1. The maximum absolute atomic E-state index is 11.6. The number of rotatable bonds is 5. The minimum absolute atomic E-state index is 0.0109. The molecule has 1 aliphatic rings. The number of hydrogen-bond donors (Lipinski definition) is 0. The minimum atomic E-state index is -2.46. The Hall–Kier alpha value is -1.36. The number of carbonyl (C=O) groups excluding carboxylic acids is 1. The molecule has 1 aliphatic heterocycles. The molecule has 25 heavy (non-hydrogen) atoms. The molecular formula is C21H26O2SSi. The second-order valence-corrected chi connectivity index (χ2v) is 13.3. The number of carbonyl (C=O) groups is 1. The summed E-state index contributed by atoms with van der Waals surface area (Å²) in [5, 5.41) is 3.17. The van der Waals surface area contributed by atoms with Crippen molar-refractivity contribution in [1.82, 2.24) is 0 Å². The molecule has 1 fully saturated rings. The van der Waals surface area contributed by atoms with Crippen LogP contribution < -0.4 is 10.4 Å². The van der Waals surface area contributed by atoms with Crippen molar-refractivity contribution >= 4 is 35.6 Å². The number of benzene rings is 2. The van der Waals surface area contributed by atoms with E-state index in [1.165, 1.54) is 22.1 Å². The first-order valence-electron chi connectivity index (χ1n) is 8.88. The summed E-state index contributed by atoms with van der Waals surface area (Å²) in [5.74, 6) is 0. The van der Waals surface area contributed by atoms with Gasteiger partial charge in [0.15, 0.2) is 5.12 Å². The largest absolute Gasteiger partial charge is 0.406 e. The van der Waals surface area contributed by atoms with E-state index in [0.29, 0.717) is 18.1 Å². The molecule has 0 radical (unpaired) electrons. The zero-order valence-electron chi connectivity index (χ0n) is 15.2. The molecule has 0 aliphatic carbocycles. The summed E-state index contributed by atoms with van der Waals surface area (Å²) in [6.45, 7) is 7.49. The van der Waals surface area contributed by atoms with Crippen molar-refractivity contribution in [3.63, 3.8) is 0 Å². The Kier molecular flexibility index (Phi) is 5.51. The van der Waals surface area contributed by atoms with Gasteiger partial charge in [-0.25, -0.2) is 0 Å². The highest BCUT2D eigenvalue weighted by Gasteiger charge is 2.50. The normalized spacial score (nSPS) is 18.5. The van der Waals surface area contributed by atoms with Crippen LogP contribution in [0.3, 0.4) is 0 Å². The van der Waals surface area contributed by atoms with Crippen LogP contribution in [0.25, 0.3) is 0 Å². The topological polar surface area (TPSA) is 26.3 Å². The van der Waals surface area contributed by atoms with Crippen LogP contribution >= 0.6 is 11.8 Å². The second-order valence-electron chi connectivity index (χ2n) is 7.62. The molecule has 0 spiro atoms. The van der Waals surface area contributed by atoms with Crippen LogP contribution in [0.4, 0.5) is 0 Å². The van der Waals surface area contributed by atoms with Crippen molar-refractivity contribution in [2.45, 2.75) is 43.9 Å². The molecule has 0 aromatic heterocycles. The van der Waals surface area contributed by atoms with E-state index in [4.69, 9.17) is 4.43 Å². The molecule has 1 atom stereocenters. The molecule has 0 saturated carbocycles. The Balaban J connectivity index is 2.04. The van der Waals surface area contributed by atoms with Crippen molar-refractivity contribution < 1.29 is 9.22 Å². The fraction of sp³-hybridized carbons (Fsp3) is 0.381. The van der Waals surface area contributed by atoms with Crippen LogP contribution in [0.1, 0.15) is 33.6 Å². The average Bonchev–Trinajstić information content (AvgIpc) is 3.02. The summed E-state index contributed by atoms with van der Waals surface area (Å²) in [7, 11) is -2.46. The maximum atomic E-state index is 11.6. The van der Waals surface area contributed by atoms with Gasteiger partial charge in [-0.2, -0.15) is 0 Å². The van der Waals surface area contributed by atoms with Gasteiger partial charge in [-0.15, -0.1) is 0 Å². The van der Waals surface area contributed by atoms with Gasteiger partial charge in [0, 0.05) is 18.3 Å². The molecule has 1 heterocycles. The lowest BCUT2D eigenvalue weighted by molar-refractivity contribution is -0.110. The number of thioether (sulfide) groups is 1. The van der Waals surface area contributed by atoms with Crippen molar-refractivity contribution in [2.24, 2.45) is 0 Å². The quantitative estimate of drug-likeness (QED) is 0.745. The minimum Gasteiger partial charge on any atom is -0.406 e. The molecule has 0 amide bonds. The highest BCUT2D eigenvalue weighted by atomic mass is 32.2. The van der Waals surface area contributed by atoms with Gasteiger partial charge in [0.2, 0.25) is 0 Å². The van der Waals surface area contributed by atoms with Crippen molar-refractivity contribution in [3.05, 3.63) is 60.7 Å². The molecule has 0 unspecified atom stereocenters. The van der Waals surface area contributed by atoms with Crippen LogP contribution in [-0.4, -0.2) is 25.3 Å². The zero-order chi connectivity index (χ0) is 17.9. The Morgan fingerprint density at radius 2 is 1.52 bits per heavy atom. The van der Waals surface area contributed by atoms with E-state index in [-0.39, 0.29) is 10.3 Å². The summed E-state index contributed by atoms with van der Waals surface area (Å²) in [6.07, 6.45) is 1.61. The summed E-state index contributed by atoms with van der Waals surface area (Å²) in [5.41, 5.74) is 0. The van der Waals surface area contributed by atoms with E-state index >= 15 is 0 Å². The fourth-order valence-electron chi connectivity index (χ4n) is 3.68. The summed E-state index contributed by atoms with van der Waals surface area (Å²) in [6, 6.07) is 21.3. The molecule has 0 bridgehead atoms. The predicted molar refractivity (Wildman–Crippen MR) is 109 cm³/mol. The van der Waals surface area contributed by atoms with E-state index in [2.05, 4.69) is 81.4 Å². The van der Waals surface area contributed by atoms with Crippen LogP contribution in [0, 0.1) is 0 Å². The molecular weight excluding hydrogens is 344 g/mol. The third-order valence-electron chi connectivity index (χ3n) is 4.87. The molecule has 2 aromatic rings. The Bertz CT molecular complexity index is 670. The Morgan fingerprint density at radius 3 is 1.92 bits per heavy atom. The zero-order valence-corrected chi connectivity index (χ0v) is 17.0. The summed E-state index contributed by atoms with van der Waals surface area (Å²) >= 11 is 1.47. The monoisotopic (exact) mass is 370 g/mol. The van der Waals surface area contributed by atoms with Gasteiger partial charge in [-0.1, -0.05) is 93.2 Å². The Morgan fingerprint density at radius 1 is 1.00 bits per heavy atom. The lowest BCUT2D eigenvalue weighted by Gasteiger charge is -2.43. The Labute approximate surface area is 156 Å². The first-order chi connectivity index (χ1) is 11.9. The van der Waals surface area contributed by atoms with Gasteiger partial charge in [0.1, 0.15) is 0 Å². The van der Waals surface area contributed by atoms with Crippen LogP contribution in [0.2, 0.25) is 5.04 Å². The molecule has 3 rings (SSSR count). The lowest BCUT2D eigenvalue weighted by Crippen LogP contribution is -2.67. The van der Waals surface area contributed by atoms with E-state index in [1.54, 1.807) is 0 Å². The van der Waals surface area contributed by atoms with Gasteiger partial charge in [0.05, 0.1) is 0 Å². The second kappa shape index (κ2) is 7.48. The molecule has 2 aromatic carbocycles. The third-order valence-corrected chi connectivity index (χ3v) is 11.0. The van der Waals surface area contributed by atoms with Crippen molar-refractivity contribution in [1.29, 1.82) is 0 Å². The van der Waals surface area contributed by atoms with Gasteiger partial charge in [0.25, 0.3) is 8.32 Å². The number of hydrogen-bond acceptors (Lipinski definition) is 3. The highest BCUT2D eigenvalue weighted by molar-refractivity contribution is 8.14. The third kappa shape index (κ3) is 3.76. The van der Waals surface area contributed by atoms with Gasteiger partial charge >= 0.3 is 0 Å². The highest BCUT2D eigenvalue weighted by Crippen LogP contribution is 2.38. The van der Waals surface area contributed by atoms with Crippen molar-refractivity contribution in [3.8, 4) is 0 Å². The molecule has 4 heteroatoms. The van der Waals surface area contributed by atoms with Gasteiger partial charge < -0.3 is 4.43 Å². The van der Waals surface area contributed by atoms with Crippen LogP contribution in [0.15, 0.2) is 60.7 Å². The van der Waals surface area contributed by atoms with E-state index < -0.39 is 8.32 Å². The first kappa shape index (κ1) is 18.4. The first-order valence-corrected chi connectivity index (χ1v) is 11.7. The molecule has 2 nitrogen and oxygen atoms in total. The molecule has 1 saturated heterocycles. The van der Waals surface area contributed by atoms with E-state index in [0.717, 1.165) is 6.42 Å².